The third-order valence-electron chi connectivity index (χ3n) is 2.63. The topological polar surface area (TPSA) is 29.5 Å². The summed E-state index contributed by atoms with van der Waals surface area (Å²) in [6.45, 7) is -0.692. The van der Waals surface area contributed by atoms with Crippen molar-refractivity contribution in [2.75, 3.05) is 13.2 Å². The molecule has 110 valence electrons. The average Bonchev–Trinajstić information content (AvgIpc) is 2.29. The summed E-state index contributed by atoms with van der Waals surface area (Å²) in [6.07, 6.45) is 0.309. The van der Waals surface area contributed by atoms with Crippen LogP contribution >= 0.6 is 0 Å². The van der Waals surface area contributed by atoms with Crippen molar-refractivity contribution in [1.82, 2.24) is 0 Å². The van der Waals surface area contributed by atoms with Gasteiger partial charge in [-0.3, -0.25) is 4.74 Å². The summed E-state index contributed by atoms with van der Waals surface area (Å²) in [7, 11) is 0. The van der Waals surface area contributed by atoms with Gasteiger partial charge in [0, 0.05) is 0 Å². The molecule has 0 heterocycles. The highest BCUT2D eigenvalue weighted by Crippen LogP contribution is 2.17. The number of halogens is 4. The van der Waals surface area contributed by atoms with E-state index in [1.54, 1.807) is 0 Å². The molecule has 2 nitrogen and oxygen atoms in total. The van der Waals surface area contributed by atoms with Crippen molar-refractivity contribution in [2.24, 2.45) is 0 Å². The average molecular weight is 274 g/mol. The summed E-state index contributed by atoms with van der Waals surface area (Å²) in [6, 6.07) is 0. The van der Waals surface area contributed by atoms with Crippen LogP contribution in [0.1, 0.15) is 51.4 Å². The molecule has 0 saturated carbocycles. The Hall–Kier alpha value is -0.360. The number of ether oxygens (including phenoxy) is 1. The van der Waals surface area contributed by atoms with Gasteiger partial charge in [0.15, 0.2) is 0 Å². The van der Waals surface area contributed by atoms with Gasteiger partial charge in [0.25, 0.3) is 0 Å². The van der Waals surface area contributed by atoms with E-state index < -0.39 is 19.1 Å². The van der Waals surface area contributed by atoms with Gasteiger partial charge in [-0.1, -0.05) is 38.5 Å². The number of hydrogen-bond acceptors (Lipinski definition) is 2. The Morgan fingerprint density at radius 2 is 1.39 bits per heavy atom. The van der Waals surface area contributed by atoms with Crippen LogP contribution in [0.3, 0.4) is 0 Å². The molecule has 0 aliphatic rings. The van der Waals surface area contributed by atoms with Gasteiger partial charge in [-0.15, -0.1) is 13.2 Å². The molecule has 0 fully saturated rings. The van der Waals surface area contributed by atoms with Gasteiger partial charge in [-0.05, 0) is 12.8 Å². The van der Waals surface area contributed by atoms with Crippen molar-refractivity contribution >= 4 is 0 Å². The molecule has 0 aromatic heterocycles. The SMILES string of the molecule is OCC(F)CCCCCCCCCOC(F)(F)F. The van der Waals surface area contributed by atoms with Gasteiger partial charge in [-0.25, -0.2) is 4.39 Å². The molecule has 0 radical (unpaired) electrons. The zero-order chi connectivity index (χ0) is 13.9. The molecule has 0 spiro atoms. The second-order valence-electron chi connectivity index (χ2n) is 4.34. The Morgan fingerprint density at radius 1 is 0.889 bits per heavy atom. The van der Waals surface area contributed by atoms with Crippen LogP contribution in [0.2, 0.25) is 0 Å². The maximum Gasteiger partial charge on any atom is 0.522 e. The van der Waals surface area contributed by atoms with Crippen LogP contribution in [-0.4, -0.2) is 30.9 Å². The smallest absolute Gasteiger partial charge is 0.393 e. The number of aliphatic hydroxyl groups is 1. The van der Waals surface area contributed by atoms with Crippen LogP contribution in [-0.2, 0) is 4.74 Å². The second-order valence-corrected chi connectivity index (χ2v) is 4.34. The quantitative estimate of drug-likeness (QED) is 0.456. The van der Waals surface area contributed by atoms with E-state index in [2.05, 4.69) is 4.74 Å². The molecular formula is C12H22F4O2. The highest BCUT2D eigenvalue weighted by molar-refractivity contribution is 4.54. The minimum atomic E-state index is -4.52. The van der Waals surface area contributed by atoms with Gasteiger partial charge in [0.05, 0.1) is 13.2 Å². The van der Waals surface area contributed by atoms with Gasteiger partial charge >= 0.3 is 6.36 Å². The maximum absolute atomic E-state index is 12.6. The number of alkyl halides is 4. The van der Waals surface area contributed by atoms with Crippen molar-refractivity contribution < 1.29 is 27.4 Å². The largest absolute Gasteiger partial charge is 0.522 e. The second kappa shape index (κ2) is 10.6. The van der Waals surface area contributed by atoms with Gasteiger partial charge in [0.2, 0.25) is 0 Å². The Bertz CT molecular complexity index is 185. The molecule has 1 unspecified atom stereocenters. The highest BCUT2D eigenvalue weighted by atomic mass is 19.4. The van der Waals surface area contributed by atoms with E-state index in [9.17, 15) is 17.6 Å². The van der Waals surface area contributed by atoms with Crippen molar-refractivity contribution in [3.63, 3.8) is 0 Å². The first-order chi connectivity index (χ1) is 8.45. The summed E-state index contributed by atoms with van der Waals surface area (Å²) in [4.78, 5) is 0. The molecule has 0 aromatic rings. The molecule has 0 bridgehead atoms. The number of aliphatic hydroxyl groups excluding tert-OH is 1. The summed E-state index contributed by atoms with van der Waals surface area (Å²) >= 11 is 0. The van der Waals surface area contributed by atoms with Crippen molar-refractivity contribution in [1.29, 1.82) is 0 Å². The Labute approximate surface area is 105 Å². The predicted octanol–water partition coefficient (Wildman–Crippen LogP) is 3.97. The standard InChI is InChI=1S/C12H22F4O2/c13-11(10-17)8-6-4-2-1-3-5-7-9-18-12(14,15)16/h11,17H,1-10H2. The Kier molecular flexibility index (Phi) is 10.3. The monoisotopic (exact) mass is 274 g/mol. The van der Waals surface area contributed by atoms with Crippen LogP contribution in [0.15, 0.2) is 0 Å². The van der Waals surface area contributed by atoms with Crippen LogP contribution < -0.4 is 0 Å². The number of unbranched alkanes of at least 4 members (excludes halogenated alkanes) is 6. The highest BCUT2D eigenvalue weighted by Gasteiger charge is 2.28. The van der Waals surface area contributed by atoms with E-state index in [0.29, 0.717) is 12.8 Å². The summed E-state index contributed by atoms with van der Waals surface area (Å²) in [5.74, 6) is 0. The zero-order valence-electron chi connectivity index (χ0n) is 10.5. The van der Waals surface area contributed by atoms with Gasteiger partial charge in [0.1, 0.15) is 6.17 Å². The summed E-state index contributed by atoms with van der Waals surface area (Å²) in [5.41, 5.74) is 0. The lowest BCUT2D eigenvalue weighted by Crippen LogP contribution is -2.13. The van der Waals surface area contributed by atoms with Gasteiger partial charge in [-0.2, -0.15) is 0 Å². The molecule has 0 rings (SSSR count). The molecule has 1 N–H and O–H groups in total. The first-order valence-electron chi connectivity index (χ1n) is 6.41. The van der Waals surface area contributed by atoms with Crippen LogP contribution in [0.4, 0.5) is 17.6 Å². The van der Waals surface area contributed by atoms with E-state index in [1.807, 2.05) is 0 Å². The maximum atomic E-state index is 12.6. The minimum Gasteiger partial charge on any atom is -0.393 e. The molecule has 1 atom stereocenters. The first kappa shape index (κ1) is 17.6. The molecular weight excluding hydrogens is 252 g/mol. The number of hydrogen-bond donors (Lipinski definition) is 1. The molecule has 0 aromatic carbocycles. The molecule has 0 aliphatic carbocycles. The van der Waals surface area contributed by atoms with Crippen LogP contribution in [0.25, 0.3) is 0 Å². The zero-order valence-corrected chi connectivity index (χ0v) is 10.5. The normalized spacial score (nSPS) is 13.8. The third kappa shape index (κ3) is 13.7. The summed E-state index contributed by atoms with van der Waals surface area (Å²) in [5, 5.41) is 8.45. The van der Waals surface area contributed by atoms with E-state index in [-0.39, 0.29) is 6.61 Å². The van der Waals surface area contributed by atoms with Gasteiger partial charge < -0.3 is 5.11 Å². The third-order valence-corrected chi connectivity index (χ3v) is 2.63. The Balaban J connectivity index is 3.08. The van der Waals surface area contributed by atoms with Crippen LogP contribution in [0.5, 0.6) is 0 Å². The fraction of sp³-hybridized carbons (Fsp3) is 1.00. The molecule has 18 heavy (non-hydrogen) atoms. The number of rotatable bonds is 11. The minimum absolute atomic E-state index is 0.274. The molecule has 0 aliphatic heterocycles. The Morgan fingerprint density at radius 3 is 1.89 bits per heavy atom. The molecule has 0 amide bonds. The van der Waals surface area contributed by atoms with Crippen molar-refractivity contribution in [3.05, 3.63) is 0 Å². The van der Waals surface area contributed by atoms with E-state index in [0.717, 1.165) is 38.5 Å². The summed E-state index contributed by atoms with van der Waals surface area (Å²) < 4.78 is 51.0. The van der Waals surface area contributed by atoms with E-state index >= 15 is 0 Å². The van der Waals surface area contributed by atoms with Crippen molar-refractivity contribution in [2.45, 2.75) is 63.9 Å². The van der Waals surface area contributed by atoms with Crippen LogP contribution in [0, 0.1) is 0 Å². The predicted molar refractivity (Wildman–Crippen MR) is 60.9 cm³/mol. The lowest BCUT2D eigenvalue weighted by Gasteiger charge is -2.07. The first-order valence-corrected chi connectivity index (χ1v) is 6.41. The lowest BCUT2D eigenvalue weighted by atomic mass is 10.1. The van der Waals surface area contributed by atoms with Crippen molar-refractivity contribution in [3.8, 4) is 0 Å². The fourth-order valence-electron chi connectivity index (χ4n) is 1.63. The molecule has 0 saturated heterocycles. The van der Waals surface area contributed by atoms with E-state index in [4.69, 9.17) is 5.11 Å². The molecule has 6 heteroatoms. The lowest BCUT2D eigenvalue weighted by molar-refractivity contribution is -0.324. The fourth-order valence-corrected chi connectivity index (χ4v) is 1.63. The van der Waals surface area contributed by atoms with E-state index in [1.165, 1.54) is 0 Å².